The molecule has 2 N–H and O–H groups in total. The van der Waals surface area contributed by atoms with Gasteiger partial charge in [0.05, 0.1) is 10.6 Å². The van der Waals surface area contributed by atoms with E-state index in [4.69, 9.17) is 5.41 Å². The van der Waals surface area contributed by atoms with Gasteiger partial charge in [-0.3, -0.25) is 5.41 Å². The third-order valence-electron chi connectivity index (χ3n) is 2.65. The lowest BCUT2D eigenvalue weighted by Crippen LogP contribution is -2.21. The number of thiazole rings is 1. The molecule has 1 aliphatic carbocycles. The Bertz CT molecular complexity index is 601. The van der Waals surface area contributed by atoms with E-state index in [1.165, 1.54) is 0 Å². The van der Waals surface area contributed by atoms with Crippen molar-refractivity contribution in [1.29, 1.82) is 5.41 Å². The predicted octanol–water partition coefficient (Wildman–Crippen LogP) is 2.57. The molecular weight excluding hydrogens is 232 g/mol. The quantitative estimate of drug-likeness (QED) is 0.807. The monoisotopic (exact) mass is 242 g/mol. The van der Waals surface area contributed by atoms with Crippen molar-refractivity contribution in [2.24, 2.45) is 0 Å². The van der Waals surface area contributed by atoms with Gasteiger partial charge in [0.1, 0.15) is 16.8 Å². The molecule has 1 unspecified atom stereocenters. The topological polar surface area (TPSA) is 57.0 Å². The number of aliphatic hydroxyl groups is 1. The van der Waals surface area contributed by atoms with E-state index in [9.17, 15) is 5.11 Å². The summed E-state index contributed by atoms with van der Waals surface area (Å²) in [5.74, 6) is 0. The maximum atomic E-state index is 9.56. The van der Waals surface area contributed by atoms with Crippen molar-refractivity contribution in [3.05, 3.63) is 47.0 Å². The second-order valence-electron chi connectivity index (χ2n) is 3.82. The Labute approximate surface area is 103 Å². The van der Waals surface area contributed by atoms with Crippen LogP contribution >= 0.6 is 11.3 Å². The molecule has 1 heterocycles. The Morgan fingerprint density at radius 2 is 2.00 bits per heavy atom. The Hall–Kier alpha value is -1.78. The standard InChI is InChI=1S/C13H10N2OS/c14-11-9(16)6-7-10-12(11)15-13(17-10)8-4-2-1-3-5-8/h1-7,9,14,16H. The normalized spacial score (nSPS) is 18.2. The summed E-state index contributed by atoms with van der Waals surface area (Å²) in [5, 5.41) is 18.2. The second kappa shape index (κ2) is 3.91. The fraction of sp³-hybridized carbons (Fsp3) is 0.0769. The van der Waals surface area contributed by atoms with Crippen LogP contribution in [-0.2, 0) is 0 Å². The van der Waals surface area contributed by atoms with Crippen LogP contribution in [-0.4, -0.2) is 21.9 Å². The highest BCUT2D eigenvalue weighted by Gasteiger charge is 2.22. The lowest BCUT2D eigenvalue weighted by molar-refractivity contribution is 0.288. The van der Waals surface area contributed by atoms with Crippen LogP contribution in [0.25, 0.3) is 16.6 Å². The van der Waals surface area contributed by atoms with Crippen LogP contribution in [0.15, 0.2) is 36.4 Å². The summed E-state index contributed by atoms with van der Waals surface area (Å²) >= 11 is 1.54. The summed E-state index contributed by atoms with van der Waals surface area (Å²) in [6.07, 6.45) is 2.63. The third kappa shape index (κ3) is 1.71. The third-order valence-corrected chi connectivity index (χ3v) is 3.72. The Balaban J connectivity index is 2.10. The summed E-state index contributed by atoms with van der Waals surface area (Å²) in [4.78, 5) is 5.38. The summed E-state index contributed by atoms with van der Waals surface area (Å²) in [6.45, 7) is 0. The molecule has 2 aromatic rings. The van der Waals surface area contributed by atoms with Crippen LogP contribution in [0.4, 0.5) is 0 Å². The van der Waals surface area contributed by atoms with Crippen molar-refractivity contribution in [3.63, 3.8) is 0 Å². The number of aliphatic hydroxyl groups excluding tert-OH is 1. The molecule has 0 aliphatic heterocycles. The van der Waals surface area contributed by atoms with Crippen LogP contribution in [0.5, 0.6) is 0 Å². The average Bonchev–Trinajstić information content (AvgIpc) is 2.80. The van der Waals surface area contributed by atoms with Crippen molar-refractivity contribution in [2.75, 3.05) is 0 Å². The molecule has 0 saturated carbocycles. The van der Waals surface area contributed by atoms with Gasteiger partial charge in [-0.2, -0.15) is 0 Å². The van der Waals surface area contributed by atoms with Gasteiger partial charge in [0.15, 0.2) is 0 Å². The number of hydrogen-bond donors (Lipinski definition) is 2. The van der Waals surface area contributed by atoms with Crippen LogP contribution < -0.4 is 0 Å². The van der Waals surface area contributed by atoms with Gasteiger partial charge < -0.3 is 5.11 Å². The molecule has 0 saturated heterocycles. The van der Waals surface area contributed by atoms with Gasteiger partial charge in [-0.15, -0.1) is 11.3 Å². The molecule has 84 valence electrons. The summed E-state index contributed by atoms with van der Waals surface area (Å²) < 4.78 is 0. The largest absolute Gasteiger partial charge is 0.383 e. The molecule has 1 aromatic carbocycles. The van der Waals surface area contributed by atoms with Gasteiger partial charge in [0.2, 0.25) is 0 Å². The molecule has 1 atom stereocenters. The van der Waals surface area contributed by atoms with Gasteiger partial charge in [0, 0.05) is 5.56 Å². The number of aromatic nitrogens is 1. The van der Waals surface area contributed by atoms with Gasteiger partial charge in [-0.1, -0.05) is 30.3 Å². The van der Waals surface area contributed by atoms with Gasteiger partial charge >= 0.3 is 0 Å². The smallest absolute Gasteiger partial charge is 0.124 e. The first kappa shape index (κ1) is 10.4. The molecule has 1 aromatic heterocycles. The highest BCUT2D eigenvalue weighted by Crippen LogP contribution is 2.31. The number of nitrogens with zero attached hydrogens (tertiary/aromatic N) is 1. The van der Waals surface area contributed by atoms with Crippen molar-refractivity contribution in [3.8, 4) is 10.6 Å². The minimum atomic E-state index is -0.826. The zero-order chi connectivity index (χ0) is 11.8. The van der Waals surface area contributed by atoms with Crippen LogP contribution in [0.1, 0.15) is 10.6 Å². The molecule has 0 bridgehead atoms. The predicted molar refractivity (Wildman–Crippen MR) is 69.4 cm³/mol. The Kier molecular flexibility index (Phi) is 2.39. The molecule has 3 nitrogen and oxygen atoms in total. The second-order valence-corrected chi connectivity index (χ2v) is 4.85. The van der Waals surface area contributed by atoms with Crippen molar-refractivity contribution >= 4 is 23.1 Å². The molecule has 0 amide bonds. The summed E-state index contributed by atoms with van der Waals surface area (Å²) in [6, 6.07) is 9.88. The average molecular weight is 242 g/mol. The van der Waals surface area contributed by atoms with E-state index in [1.54, 1.807) is 17.4 Å². The number of fused-ring (bicyclic) bond motifs is 1. The Morgan fingerprint density at radius 3 is 2.76 bits per heavy atom. The van der Waals surface area contributed by atoms with E-state index in [-0.39, 0.29) is 5.71 Å². The lowest BCUT2D eigenvalue weighted by atomic mass is 10.1. The first-order valence-electron chi connectivity index (χ1n) is 5.27. The van der Waals surface area contributed by atoms with Crippen LogP contribution in [0.2, 0.25) is 0 Å². The highest BCUT2D eigenvalue weighted by molar-refractivity contribution is 7.16. The fourth-order valence-electron chi connectivity index (χ4n) is 1.76. The minimum Gasteiger partial charge on any atom is -0.383 e. The van der Waals surface area contributed by atoms with Crippen molar-refractivity contribution in [1.82, 2.24) is 4.98 Å². The zero-order valence-corrected chi connectivity index (χ0v) is 9.74. The summed E-state index contributed by atoms with van der Waals surface area (Å²) in [5.41, 5.74) is 1.83. The lowest BCUT2D eigenvalue weighted by Gasteiger charge is -2.10. The molecule has 0 fully saturated rings. The van der Waals surface area contributed by atoms with Crippen molar-refractivity contribution in [2.45, 2.75) is 6.10 Å². The number of rotatable bonds is 1. The summed E-state index contributed by atoms with van der Waals surface area (Å²) in [7, 11) is 0. The molecule has 17 heavy (non-hydrogen) atoms. The van der Waals surface area contributed by atoms with Gasteiger partial charge in [-0.25, -0.2) is 4.98 Å². The maximum Gasteiger partial charge on any atom is 0.124 e. The molecule has 1 aliphatic rings. The van der Waals surface area contributed by atoms with E-state index < -0.39 is 6.10 Å². The van der Waals surface area contributed by atoms with E-state index in [1.807, 2.05) is 36.4 Å². The maximum absolute atomic E-state index is 9.56. The van der Waals surface area contributed by atoms with E-state index >= 15 is 0 Å². The molecule has 0 radical (unpaired) electrons. The van der Waals surface area contributed by atoms with Gasteiger partial charge in [-0.05, 0) is 12.2 Å². The zero-order valence-electron chi connectivity index (χ0n) is 8.92. The number of hydrogen-bond acceptors (Lipinski definition) is 4. The molecule has 3 rings (SSSR count). The molecule has 0 spiro atoms. The fourth-order valence-corrected chi connectivity index (χ4v) is 2.75. The van der Waals surface area contributed by atoms with E-state index in [0.717, 1.165) is 15.4 Å². The van der Waals surface area contributed by atoms with E-state index in [2.05, 4.69) is 4.98 Å². The number of nitrogens with one attached hydrogen (secondary N) is 1. The van der Waals surface area contributed by atoms with Crippen LogP contribution in [0.3, 0.4) is 0 Å². The Morgan fingerprint density at radius 1 is 1.24 bits per heavy atom. The van der Waals surface area contributed by atoms with Crippen LogP contribution in [0, 0.1) is 5.41 Å². The highest BCUT2D eigenvalue weighted by atomic mass is 32.1. The molecule has 4 heteroatoms. The molecular formula is C13H10N2OS. The first-order chi connectivity index (χ1) is 8.25. The number of benzene rings is 1. The van der Waals surface area contributed by atoms with Gasteiger partial charge in [0.25, 0.3) is 0 Å². The minimum absolute atomic E-state index is 0.181. The van der Waals surface area contributed by atoms with Crippen molar-refractivity contribution < 1.29 is 5.11 Å². The SMILES string of the molecule is N=C1c2nc(-c3ccccc3)sc2C=CC1O. The first-order valence-corrected chi connectivity index (χ1v) is 6.08. The van der Waals surface area contributed by atoms with E-state index in [0.29, 0.717) is 5.69 Å².